The van der Waals surface area contributed by atoms with Crippen molar-refractivity contribution in [2.45, 2.75) is 0 Å². The summed E-state index contributed by atoms with van der Waals surface area (Å²) in [6, 6.07) is 13.4. The lowest BCUT2D eigenvalue weighted by atomic mass is 9.95. The standard InChI is InChI=1S/C13H7BClN/c14-8-5-6-10-12(7-8)16-11-4-2-1-3-9(11)13(10)15/h1-7H. The van der Waals surface area contributed by atoms with Gasteiger partial charge in [0.1, 0.15) is 7.85 Å². The summed E-state index contributed by atoms with van der Waals surface area (Å²) >= 11 is 6.35. The van der Waals surface area contributed by atoms with Crippen molar-refractivity contribution < 1.29 is 0 Å². The van der Waals surface area contributed by atoms with Crippen LogP contribution in [0.25, 0.3) is 21.8 Å². The molecule has 3 aromatic rings. The number of hydrogen-bond donors (Lipinski definition) is 0. The molecule has 0 saturated carbocycles. The fourth-order valence-electron chi connectivity index (χ4n) is 1.86. The van der Waals surface area contributed by atoms with Gasteiger partial charge in [0, 0.05) is 10.8 Å². The number of rotatable bonds is 0. The molecule has 3 rings (SSSR count). The van der Waals surface area contributed by atoms with Gasteiger partial charge in [-0.05, 0) is 12.1 Å². The molecule has 16 heavy (non-hydrogen) atoms. The average Bonchev–Trinajstić information content (AvgIpc) is 2.29. The third-order valence-corrected chi connectivity index (χ3v) is 3.05. The summed E-state index contributed by atoms with van der Waals surface area (Å²) in [7, 11) is 5.73. The maximum Gasteiger partial charge on any atom is 0.113 e. The lowest BCUT2D eigenvalue weighted by molar-refractivity contribution is 1.50. The fraction of sp³-hybridized carbons (Fsp3) is 0. The smallest absolute Gasteiger partial charge is 0.113 e. The SMILES string of the molecule is [B]c1ccc2c(Cl)c3ccccc3nc2c1. The highest BCUT2D eigenvalue weighted by Gasteiger charge is 2.05. The van der Waals surface area contributed by atoms with Crippen molar-refractivity contribution in [3.63, 3.8) is 0 Å². The molecule has 1 aromatic heterocycles. The average molecular weight is 223 g/mol. The first-order chi connectivity index (χ1) is 7.75. The van der Waals surface area contributed by atoms with E-state index in [2.05, 4.69) is 4.98 Å². The molecule has 0 aliphatic heterocycles. The van der Waals surface area contributed by atoms with Gasteiger partial charge in [-0.25, -0.2) is 4.98 Å². The van der Waals surface area contributed by atoms with Crippen LogP contribution in [0.1, 0.15) is 0 Å². The Morgan fingerprint density at radius 3 is 2.56 bits per heavy atom. The molecule has 0 aliphatic carbocycles. The molecule has 0 bridgehead atoms. The van der Waals surface area contributed by atoms with Crippen LogP contribution in [-0.2, 0) is 0 Å². The van der Waals surface area contributed by atoms with Gasteiger partial charge in [0.05, 0.1) is 16.1 Å². The van der Waals surface area contributed by atoms with E-state index in [1.54, 1.807) is 0 Å². The zero-order valence-electron chi connectivity index (χ0n) is 8.44. The Morgan fingerprint density at radius 1 is 0.938 bits per heavy atom. The van der Waals surface area contributed by atoms with Crippen molar-refractivity contribution in [1.82, 2.24) is 4.98 Å². The van der Waals surface area contributed by atoms with Crippen LogP contribution in [0, 0.1) is 0 Å². The molecule has 0 atom stereocenters. The Labute approximate surface area is 99.5 Å². The molecule has 0 amide bonds. The van der Waals surface area contributed by atoms with Crippen LogP contribution in [0.15, 0.2) is 42.5 Å². The Kier molecular flexibility index (Phi) is 2.11. The van der Waals surface area contributed by atoms with Gasteiger partial charge >= 0.3 is 0 Å². The summed E-state index contributed by atoms with van der Waals surface area (Å²) in [4.78, 5) is 4.53. The van der Waals surface area contributed by atoms with Crippen molar-refractivity contribution in [3.8, 4) is 0 Å². The van der Waals surface area contributed by atoms with Gasteiger partial charge in [0.2, 0.25) is 0 Å². The molecule has 0 unspecified atom stereocenters. The van der Waals surface area contributed by atoms with Crippen molar-refractivity contribution in [1.29, 1.82) is 0 Å². The number of nitrogens with zero attached hydrogens (tertiary/aromatic N) is 1. The van der Waals surface area contributed by atoms with E-state index in [9.17, 15) is 0 Å². The summed E-state index contributed by atoms with van der Waals surface area (Å²) in [5.41, 5.74) is 2.43. The Balaban J connectivity index is 2.55. The molecule has 0 N–H and O–H groups in total. The number of fused-ring (bicyclic) bond motifs is 2. The summed E-state index contributed by atoms with van der Waals surface area (Å²) in [5, 5.41) is 2.65. The lowest BCUT2D eigenvalue weighted by Crippen LogP contribution is -2.00. The van der Waals surface area contributed by atoms with E-state index in [1.165, 1.54) is 0 Å². The lowest BCUT2D eigenvalue weighted by Gasteiger charge is -2.05. The molecule has 2 radical (unpaired) electrons. The zero-order valence-corrected chi connectivity index (χ0v) is 9.20. The number of para-hydroxylation sites is 1. The molecule has 1 nitrogen and oxygen atoms in total. The summed E-state index contributed by atoms with van der Waals surface area (Å²) in [6.07, 6.45) is 0. The van der Waals surface area contributed by atoms with E-state index < -0.39 is 0 Å². The van der Waals surface area contributed by atoms with Crippen molar-refractivity contribution >= 4 is 46.7 Å². The maximum absolute atomic E-state index is 6.35. The van der Waals surface area contributed by atoms with E-state index >= 15 is 0 Å². The summed E-state index contributed by atoms with van der Waals surface area (Å²) in [6.45, 7) is 0. The number of hydrogen-bond acceptors (Lipinski definition) is 1. The van der Waals surface area contributed by atoms with Gasteiger partial charge in [-0.1, -0.05) is 47.4 Å². The quantitative estimate of drug-likeness (QED) is 0.422. The number of benzene rings is 2. The van der Waals surface area contributed by atoms with Crippen LogP contribution in [0.2, 0.25) is 5.02 Å². The van der Waals surface area contributed by atoms with E-state index in [-0.39, 0.29) is 0 Å². The molecule has 2 aromatic carbocycles. The van der Waals surface area contributed by atoms with Crippen molar-refractivity contribution in [2.75, 3.05) is 0 Å². The second-order valence-corrected chi connectivity index (χ2v) is 4.10. The van der Waals surface area contributed by atoms with Gasteiger partial charge in [-0.15, -0.1) is 0 Å². The van der Waals surface area contributed by atoms with Crippen molar-refractivity contribution in [2.24, 2.45) is 0 Å². The first-order valence-corrected chi connectivity index (χ1v) is 5.37. The normalized spacial score (nSPS) is 11.1. The summed E-state index contributed by atoms with van der Waals surface area (Å²) in [5.74, 6) is 0. The minimum Gasteiger partial charge on any atom is -0.248 e. The number of pyridine rings is 1. The van der Waals surface area contributed by atoms with Gasteiger partial charge in [0.15, 0.2) is 0 Å². The highest BCUT2D eigenvalue weighted by molar-refractivity contribution is 6.41. The largest absolute Gasteiger partial charge is 0.248 e. The minimum atomic E-state index is 0.700. The predicted molar refractivity (Wildman–Crippen MR) is 69.6 cm³/mol. The van der Waals surface area contributed by atoms with Gasteiger partial charge in [0.25, 0.3) is 0 Å². The zero-order chi connectivity index (χ0) is 11.1. The topological polar surface area (TPSA) is 12.9 Å². The van der Waals surface area contributed by atoms with Crippen LogP contribution in [-0.4, -0.2) is 12.8 Å². The third kappa shape index (κ3) is 1.38. The van der Waals surface area contributed by atoms with Gasteiger partial charge < -0.3 is 0 Å². The molecular weight excluding hydrogens is 216 g/mol. The molecule has 0 spiro atoms. The van der Waals surface area contributed by atoms with E-state index in [1.807, 2.05) is 42.5 Å². The van der Waals surface area contributed by atoms with Gasteiger partial charge in [-0.2, -0.15) is 0 Å². The molecule has 3 heteroatoms. The van der Waals surface area contributed by atoms with Crippen LogP contribution < -0.4 is 5.46 Å². The molecule has 0 saturated heterocycles. The van der Waals surface area contributed by atoms with Crippen molar-refractivity contribution in [3.05, 3.63) is 47.5 Å². The van der Waals surface area contributed by atoms with E-state index in [4.69, 9.17) is 19.4 Å². The fourth-order valence-corrected chi connectivity index (χ4v) is 2.18. The monoisotopic (exact) mass is 223 g/mol. The number of halogens is 1. The van der Waals surface area contributed by atoms with Crippen LogP contribution in [0.3, 0.4) is 0 Å². The van der Waals surface area contributed by atoms with Gasteiger partial charge in [-0.3, -0.25) is 0 Å². The second-order valence-electron chi connectivity index (χ2n) is 3.72. The summed E-state index contributed by atoms with van der Waals surface area (Å²) < 4.78 is 0. The third-order valence-electron chi connectivity index (χ3n) is 2.64. The Bertz CT molecular complexity index is 694. The molecule has 0 fully saturated rings. The van der Waals surface area contributed by atoms with Crippen LogP contribution in [0.5, 0.6) is 0 Å². The van der Waals surface area contributed by atoms with Crippen LogP contribution >= 0.6 is 11.6 Å². The predicted octanol–water partition coefficient (Wildman–Crippen LogP) is 2.84. The highest BCUT2D eigenvalue weighted by atomic mass is 35.5. The Hall–Kier alpha value is -1.54. The second kappa shape index (κ2) is 3.50. The Morgan fingerprint density at radius 2 is 1.69 bits per heavy atom. The molecule has 74 valence electrons. The highest BCUT2D eigenvalue weighted by Crippen LogP contribution is 2.29. The number of aromatic nitrogens is 1. The first-order valence-electron chi connectivity index (χ1n) is 4.99. The van der Waals surface area contributed by atoms with E-state index in [0.717, 1.165) is 26.8 Å². The van der Waals surface area contributed by atoms with E-state index in [0.29, 0.717) is 5.46 Å². The maximum atomic E-state index is 6.35. The molecular formula is C13H7BClN. The molecule has 0 aliphatic rings. The van der Waals surface area contributed by atoms with Crippen LogP contribution in [0.4, 0.5) is 0 Å². The first kappa shape index (κ1) is 9.67. The molecule has 1 heterocycles. The minimum absolute atomic E-state index is 0.700.